The molecule has 0 aliphatic rings. The van der Waals surface area contributed by atoms with E-state index in [9.17, 15) is 4.79 Å². The van der Waals surface area contributed by atoms with Crippen LogP contribution in [0.1, 0.15) is 68.4 Å². The number of hydrogen-bond donors (Lipinski definition) is 1. The van der Waals surface area contributed by atoms with Crippen molar-refractivity contribution in [2.45, 2.75) is 69.7 Å². The molecule has 0 aliphatic carbocycles. The van der Waals surface area contributed by atoms with Crippen molar-refractivity contribution in [2.24, 2.45) is 0 Å². The fraction of sp³-hybridized carbons (Fsp3) is 0.464. The van der Waals surface area contributed by atoms with E-state index in [-0.39, 0.29) is 27.4 Å². The zero-order chi connectivity index (χ0) is 23.6. The summed E-state index contributed by atoms with van der Waals surface area (Å²) < 4.78 is 9.77. The van der Waals surface area contributed by atoms with Crippen LogP contribution in [0.15, 0.2) is 72.8 Å². The molecule has 0 amide bonds. The summed E-state index contributed by atoms with van der Waals surface area (Å²) in [6.45, 7) is 18.2. The quantitative estimate of drug-likeness (QED) is 0.380. The highest BCUT2D eigenvalue weighted by atomic mass is 16.5. The van der Waals surface area contributed by atoms with Gasteiger partial charge >= 0.3 is 5.97 Å². The molecule has 1 N–H and O–H groups in total. The average Bonchev–Trinajstić information content (AvgIpc) is 2.72. The number of ether oxygens (including phenoxy) is 2. The van der Waals surface area contributed by atoms with Crippen molar-refractivity contribution in [2.75, 3.05) is 19.8 Å². The third-order valence-corrected chi connectivity index (χ3v) is 2.62. The first kappa shape index (κ1) is 39.8. The number of carbonyl (C=O) groups is 1. The Morgan fingerprint density at radius 3 is 1.44 bits per heavy atom. The minimum atomic E-state index is -0.312. The Morgan fingerprint density at radius 2 is 1.22 bits per heavy atom. The van der Waals surface area contributed by atoms with Crippen LogP contribution in [0.3, 0.4) is 0 Å². The molecule has 2 aromatic rings. The molecule has 0 aliphatic heterocycles. The number of aliphatic hydroxyl groups excluding tert-OH is 1. The van der Waals surface area contributed by atoms with Gasteiger partial charge in [-0.2, -0.15) is 0 Å². The van der Waals surface area contributed by atoms with Gasteiger partial charge in [-0.1, -0.05) is 95.8 Å². The summed E-state index contributed by atoms with van der Waals surface area (Å²) in [6, 6.07) is 20.1. The van der Waals surface area contributed by atoms with Crippen molar-refractivity contribution in [3.05, 3.63) is 78.4 Å². The van der Waals surface area contributed by atoms with Gasteiger partial charge in [-0.05, 0) is 46.8 Å². The van der Waals surface area contributed by atoms with Gasteiger partial charge in [0.2, 0.25) is 0 Å². The predicted octanol–water partition coefficient (Wildman–Crippen LogP) is 7.89. The second-order valence-electron chi connectivity index (χ2n) is 5.92. The Labute approximate surface area is 199 Å². The Bertz CT molecular complexity index is 593. The summed E-state index contributed by atoms with van der Waals surface area (Å²) >= 11 is 0. The van der Waals surface area contributed by atoms with Crippen molar-refractivity contribution in [3.8, 4) is 5.75 Å². The lowest BCUT2D eigenvalue weighted by Crippen LogP contribution is -2.03. The number of hydrogen-bond acceptors (Lipinski definition) is 4. The topological polar surface area (TPSA) is 55.8 Å². The smallest absolute Gasteiger partial charge is 0.333 e. The molecule has 0 radical (unpaired) electrons. The lowest BCUT2D eigenvalue weighted by atomic mass is 10.2. The van der Waals surface area contributed by atoms with Crippen LogP contribution in [-0.2, 0) is 9.53 Å². The summed E-state index contributed by atoms with van der Waals surface area (Å²) in [7, 11) is 0. The molecular weight excluding hydrogens is 400 g/mol. The van der Waals surface area contributed by atoms with Crippen LogP contribution in [0.2, 0.25) is 0 Å². The monoisotopic (exact) mass is 450 g/mol. The molecule has 186 valence electrons. The van der Waals surface area contributed by atoms with Gasteiger partial charge in [0.05, 0.1) is 13.2 Å². The maximum Gasteiger partial charge on any atom is 0.333 e. The maximum absolute atomic E-state index is 10.4. The second-order valence-corrected chi connectivity index (χ2v) is 5.92. The number of esters is 1. The van der Waals surface area contributed by atoms with Gasteiger partial charge in [0.25, 0.3) is 0 Å². The van der Waals surface area contributed by atoms with E-state index < -0.39 is 0 Å². The van der Waals surface area contributed by atoms with Crippen molar-refractivity contribution in [1.29, 1.82) is 0 Å². The van der Waals surface area contributed by atoms with Crippen molar-refractivity contribution in [3.63, 3.8) is 0 Å². The first-order valence-electron chi connectivity index (χ1n) is 10.5. The molecule has 4 heteroatoms. The molecule has 0 fully saturated rings. The van der Waals surface area contributed by atoms with Gasteiger partial charge in [-0.15, -0.1) is 0 Å². The van der Waals surface area contributed by atoms with Crippen LogP contribution in [0.5, 0.6) is 5.75 Å². The highest BCUT2D eigenvalue weighted by Crippen LogP contribution is 2.06. The largest absolute Gasteiger partial charge is 0.494 e. The standard InChI is InChI=1S/C8H10O.C7H8.C6H10O2.C3H8.C2H6O.2CH4/c1-2-9-8-6-4-3-5-7-8;1-7-5-3-2-4-6-7;1-4-8-6(7)5(2)3;1-3-2;1-2-3;;/h3-7H,2H2,1H3;2-6H,1H3;2,4H2,1,3H3;3H2,1-2H3;3H,2H2,1H3;2*1H4. The number of para-hydroxylation sites is 1. The highest BCUT2D eigenvalue weighted by Gasteiger charge is 1.98. The molecule has 0 spiro atoms. The molecule has 4 nitrogen and oxygen atoms in total. The van der Waals surface area contributed by atoms with E-state index in [1.807, 2.05) is 55.5 Å². The van der Waals surface area contributed by atoms with Crippen molar-refractivity contribution in [1.82, 2.24) is 0 Å². The summed E-state index contributed by atoms with van der Waals surface area (Å²) in [5.41, 5.74) is 1.77. The lowest BCUT2D eigenvalue weighted by molar-refractivity contribution is -0.138. The lowest BCUT2D eigenvalue weighted by Gasteiger charge is -1.99. The Hall–Kier alpha value is -2.59. The van der Waals surface area contributed by atoms with Gasteiger partial charge in [0.15, 0.2) is 0 Å². The summed E-state index contributed by atoms with van der Waals surface area (Å²) in [6.07, 6.45) is 1.25. The molecule has 2 rings (SSSR count). The average molecular weight is 451 g/mol. The minimum Gasteiger partial charge on any atom is -0.494 e. The van der Waals surface area contributed by atoms with E-state index >= 15 is 0 Å². The van der Waals surface area contributed by atoms with E-state index in [1.54, 1.807) is 20.8 Å². The Kier molecular flexibility index (Phi) is 41.2. The molecule has 0 heterocycles. The first-order chi connectivity index (χ1) is 14.3. The van der Waals surface area contributed by atoms with Crippen LogP contribution in [0.4, 0.5) is 0 Å². The van der Waals surface area contributed by atoms with Gasteiger partial charge < -0.3 is 14.6 Å². The zero-order valence-corrected chi connectivity index (χ0v) is 20.0. The Morgan fingerprint density at radius 1 is 0.844 bits per heavy atom. The summed E-state index contributed by atoms with van der Waals surface area (Å²) in [5.74, 6) is 0.632. The maximum atomic E-state index is 10.4. The molecule has 0 unspecified atom stereocenters. The molecular formula is C28H50O4. The zero-order valence-electron chi connectivity index (χ0n) is 20.0. The highest BCUT2D eigenvalue weighted by molar-refractivity contribution is 5.86. The van der Waals surface area contributed by atoms with Crippen LogP contribution in [0.25, 0.3) is 0 Å². The van der Waals surface area contributed by atoms with Gasteiger partial charge in [0, 0.05) is 12.2 Å². The molecule has 32 heavy (non-hydrogen) atoms. The van der Waals surface area contributed by atoms with Crippen LogP contribution < -0.4 is 4.74 Å². The van der Waals surface area contributed by atoms with Crippen molar-refractivity contribution < 1.29 is 19.4 Å². The summed E-state index contributed by atoms with van der Waals surface area (Å²) in [5, 5.41) is 7.57. The molecule has 0 saturated carbocycles. The fourth-order valence-electron chi connectivity index (χ4n) is 1.47. The third kappa shape index (κ3) is 34.9. The van der Waals surface area contributed by atoms with E-state index in [0.717, 1.165) is 12.4 Å². The third-order valence-electron chi connectivity index (χ3n) is 2.62. The van der Waals surface area contributed by atoms with E-state index in [0.29, 0.717) is 12.2 Å². The number of carbonyl (C=O) groups excluding carboxylic acids is 1. The van der Waals surface area contributed by atoms with Gasteiger partial charge in [-0.25, -0.2) is 4.79 Å². The minimum absolute atomic E-state index is 0. The van der Waals surface area contributed by atoms with Gasteiger partial charge in [-0.3, -0.25) is 0 Å². The predicted molar refractivity (Wildman–Crippen MR) is 142 cm³/mol. The number of aliphatic hydroxyl groups is 1. The number of benzene rings is 2. The first-order valence-corrected chi connectivity index (χ1v) is 10.5. The van der Waals surface area contributed by atoms with Crippen molar-refractivity contribution >= 4 is 5.97 Å². The molecule has 0 aromatic heterocycles. The van der Waals surface area contributed by atoms with Crippen LogP contribution in [-0.4, -0.2) is 30.9 Å². The number of aryl methyl sites for hydroxylation is 1. The normalized spacial score (nSPS) is 7.62. The molecule has 2 aromatic carbocycles. The second kappa shape index (κ2) is 33.1. The molecule has 0 bridgehead atoms. The van der Waals surface area contributed by atoms with E-state index in [2.05, 4.69) is 44.2 Å². The van der Waals surface area contributed by atoms with E-state index in [4.69, 9.17) is 9.84 Å². The van der Waals surface area contributed by atoms with Crippen LogP contribution >= 0.6 is 0 Å². The molecule has 0 saturated heterocycles. The number of rotatable bonds is 4. The Balaban J connectivity index is -0.0000000991. The SMILES string of the molecule is C.C.C=C(C)C(=O)OCC.CCC.CCO.CCOc1ccccc1.Cc1ccccc1. The van der Waals surface area contributed by atoms with E-state index in [1.165, 1.54) is 12.0 Å². The van der Waals surface area contributed by atoms with Crippen LogP contribution in [0, 0.1) is 6.92 Å². The fourth-order valence-corrected chi connectivity index (χ4v) is 1.47. The molecule has 0 atom stereocenters. The summed E-state index contributed by atoms with van der Waals surface area (Å²) in [4.78, 5) is 10.4. The van der Waals surface area contributed by atoms with Gasteiger partial charge in [0.1, 0.15) is 5.75 Å².